The van der Waals surface area contributed by atoms with Gasteiger partial charge in [-0.3, -0.25) is 9.36 Å². The highest BCUT2D eigenvalue weighted by atomic mass is 32.2. The molecule has 1 aliphatic carbocycles. The Balaban J connectivity index is 1.46. The van der Waals surface area contributed by atoms with Crippen molar-refractivity contribution in [2.24, 2.45) is 0 Å². The van der Waals surface area contributed by atoms with E-state index >= 15 is 0 Å². The van der Waals surface area contributed by atoms with E-state index in [0.29, 0.717) is 39.4 Å². The fourth-order valence-electron chi connectivity index (χ4n) is 2.82. The minimum Gasteiger partial charge on any atom is -0.459 e. The Morgan fingerprint density at radius 1 is 1.15 bits per heavy atom. The number of hydrogen-bond donors (Lipinski definition) is 0. The van der Waals surface area contributed by atoms with Gasteiger partial charge in [-0.1, -0.05) is 23.9 Å². The second-order valence-corrected chi connectivity index (χ2v) is 7.03. The predicted octanol–water partition coefficient (Wildman–Crippen LogP) is 3.67. The van der Waals surface area contributed by atoms with E-state index in [2.05, 4.69) is 15.2 Å². The largest absolute Gasteiger partial charge is 0.459 e. The van der Waals surface area contributed by atoms with Crippen LogP contribution in [0.1, 0.15) is 24.8 Å². The van der Waals surface area contributed by atoms with Crippen LogP contribution in [0.15, 0.2) is 61.4 Å². The van der Waals surface area contributed by atoms with Gasteiger partial charge in [-0.05, 0) is 37.1 Å². The number of benzene rings is 1. The summed E-state index contributed by atoms with van der Waals surface area (Å²) < 4.78 is 12.7. The average molecular weight is 366 g/mol. The van der Waals surface area contributed by atoms with Gasteiger partial charge in [-0.15, -0.1) is 10.2 Å². The second kappa shape index (κ2) is 6.14. The molecule has 7 nitrogen and oxygen atoms in total. The molecule has 0 bridgehead atoms. The lowest BCUT2D eigenvalue weighted by molar-refractivity contribution is 0.494. The van der Waals surface area contributed by atoms with Gasteiger partial charge in [0.1, 0.15) is 0 Å². The minimum absolute atomic E-state index is 0.0161. The highest BCUT2D eigenvalue weighted by molar-refractivity contribution is 7.98. The SMILES string of the molecule is O=c1c2ccccc2nc(SCc2nnc(-c3ccco3)o2)n1C1CC1. The van der Waals surface area contributed by atoms with Gasteiger partial charge < -0.3 is 8.83 Å². The third-order valence-corrected chi connectivity index (χ3v) is 5.15. The van der Waals surface area contributed by atoms with E-state index in [1.165, 1.54) is 11.8 Å². The van der Waals surface area contributed by atoms with Gasteiger partial charge >= 0.3 is 0 Å². The maximum Gasteiger partial charge on any atom is 0.283 e. The lowest BCUT2D eigenvalue weighted by Gasteiger charge is -2.11. The van der Waals surface area contributed by atoms with E-state index in [1.807, 2.05) is 24.3 Å². The molecule has 3 heterocycles. The first kappa shape index (κ1) is 15.4. The van der Waals surface area contributed by atoms with Gasteiger partial charge in [0.25, 0.3) is 11.4 Å². The Bertz CT molecular complexity index is 1130. The molecule has 0 radical (unpaired) electrons. The zero-order valence-electron chi connectivity index (χ0n) is 13.7. The molecule has 0 amide bonds. The van der Waals surface area contributed by atoms with E-state index in [9.17, 15) is 4.79 Å². The van der Waals surface area contributed by atoms with Crippen molar-refractivity contribution < 1.29 is 8.83 Å². The molecule has 3 aromatic heterocycles. The fraction of sp³-hybridized carbons (Fsp3) is 0.222. The molecule has 0 spiro atoms. The molecule has 0 atom stereocenters. The van der Waals surface area contributed by atoms with Crippen LogP contribution in [-0.4, -0.2) is 19.7 Å². The molecule has 1 aliphatic rings. The predicted molar refractivity (Wildman–Crippen MR) is 95.8 cm³/mol. The zero-order valence-corrected chi connectivity index (χ0v) is 14.5. The van der Waals surface area contributed by atoms with Gasteiger partial charge in [0.05, 0.1) is 22.9 Å². The number of para-hydroxylation sites is 1. The Hall–Kier alpha value is -2.87. The lowest BCUT2D eigenvalue weighted by atomic mass is 10.2. The molecule has 26 heavy (non-hydrogen) atoms. The molecular weight excluding hydrogens is 352 g/mol. The normalized spacial score (nSPS) is 14.2. The Morgan fingerprint density at radius 3 is 2.85 bits per heavy atom. The van der Waals surface area contributed by atoms with Crippen LogP contribution in [0.25, 0.3) is 22.6 Å². The standard InChI is InChI=1S/C18H14N4O3S/c23-17-12-4-1-2-5-13(12)19-18(22(17)11-7-8-11)26-10-15-20-21-16(25-15)14-6-3-9-24-14/h1-6,9,11H,7-8,10H2. The van der Waals surface area contributed by atoms with Crippen molar-refractivity contribution in [3.63, 3.8) is 0 Å². The Labute approximate surface area is 152 Å². The second-order valence-electron chi connectivity index (χ2n) is 6.08. The van der Waals surface area contributed by atoms with Gasteiger partial charge in [0, 0.05) is 6.04 Å². The van der Waals surface area contributed by atoms with E-state index < -0.39 is 0 Å². The van der Waals surface area contributed by atoms with E-state index in [1.54, 1.807) is 23.0 Å². The third kappa shape index (κ3) is 2.72. The zero-order chi connectivity index (χ0) is 17.5. The van der Waals surface area contributed by atoms with Gasteiger partial charge in [0.15, 0.2) is 10.9 Å². The molecule has 4 aromatic rings. The van der Waals surface area contributed by atoms with Crippen molar-refractivity contribution in [1.29, 1.82) is 0 Å². The van der Waals surface area contributed by atoms with E-state index in [4.69, 9.17) is 8.83 Å². The van der Waals surface area contributed by atoms with Crippen molar-refractivity contribution in [1.82, 2.24) is 19.7 Å². The smallest absolute Gasteiger partial charge is 0.283 e. The number of rotatable bonds is 5. The summed E-state index contributed by atoms with van der Waals surface area (Å²) in [5, 5.41) is 9.39. The van der Waals surface area contributed by atoms with Crippen LogP contribution < -0.4 is 5.56 Å². The maximum atomic E-state index is 12.8. The summed E-state index contributed by atoms with van der Waals surface area (Å²) in [5.41, 5.74) is 0.723. The number of nitrogens with zero attached hydrogens (tertiary/aromatic N) is 4. The summed E-state index contributed by atoms with van der Waals surface area (Å²) in [7, 11) is 0. The summed E-state index contributed by atoms with van der Waals surface area (Å²) >= 11 is 1.43. The number of hydrogen-bond acceptors (Lipinski definition) is 7. The van der Waals surface area contributed by atoms with Gasteiger partial charge in [0.2, 0.25) is 5.89 Å². The van der Waals surface area contributed by atoms with E-state index in [-0.39, 0.29) is 11.6 Å². The maximum absolute atomic E-state index is 12.8. The highest BCUT2D eigenvalue weighted by Crippen LogP contribution is 2.37. The van der Waals surface area contributed by atoms with Crippen LogP contribution >= 0.6 is 11.8 Å². The first-order valence-corrected chi connectivity index (χ1v) is 9.28. The van der Waals surface area contributed by atoms with Crippen LogP contribution in [0, 0.1) is 0 Å². The number of fused-ring (bicyclic) bond motifs is 1. The molecule has 0 N–H and O–H groups in total. The van der Waals surface area contributed by atoms with Crippen molar-refractivity contribution in [2.75, 3.05) is 0 Å². The summed E-state index contributed by atoms with van der Waals surface area (Å²) in [5.74, 6) is 1.78. The van der Waals surface area contributed by atoms with Crippen LogP contribution in [0.2, 0.25) is 0 Å². The van der Waals surface area contributed by atoms with Gasteiger partial charge in [-0.2, -0.15) is 0 Å². The van der Waals surface area contributed by atoms with Crippen molar-refractivity contribution in [2.45, 2.75) is 29.8 Å². The molecule has 1 aromatic carbocycles. The molecule has 8 heteroatoms. The van der Waals surface area contributed by atoms with Crippen molar-refractivity contribution in [3.05, 3.63) is 58.9 Å². The molecule has 0 saturated heterocycles. The first-order valence-electron chi connectivity index (χ1n) is 8.30. The number of thioether (sulfide) groups is 1. The topological polar surface area (TPSA) is 86.9 Å². The number of furan rings is 1. The molecular formula is C18H14N4O3S. The Kier molecular flexibility index (Phi) is 3.63. The van der Waals surface area contributed by atoms with E-state index in [0.717, 1.165) is 12.8 Å². The van der Waals surface area contributed by atoms with Crippen LogP contribution in [0.3, 0.4) is 0 Å². The third-order valence-electron chi connectivity index (χ3n) is 4.21. The number of aromatic nitrogens is 4. The summed E-state index contributed by atoms with van der Waals surface area (Å²) in [6.45, 7) is 0. The summed E-state index contributed by atoms with van der Waals surface area (Å²) in [4.78, 5) is 17.5. The van der Waals surface area contributed by atoms with Crippen molar-refractivity contribution >= 4 is 22.7 Å². The Morgan fingerprint density at radius 2 is 2.04 bits per heavy atom. The van der Waals surface area contributed by atoms with Crippen molar-refractivity contribution in [3.8, 4) is 11.7 Å². The molecule has 1 fully saturated rings. The minimum atomic E-state index is 0.0161. The molecule has 0 unspecified atom stereocenters. The monoisotopic (exact) mass is 366 g/mol. The summed E-state index contributed by atoms with van der Waals surface area (Å²) in [6.07, 6.45) is 3.58. The first-order chi connectivity index (χ1) is 12.8. The van der Waals surface area contributed by atoms with Gasteiger partial charge in [-0.25, -0.2) is 4.98 Å². The van der Waals surface area contributed by atoms with Crippen LogP contribution in [-0.2, 0) is 5.75 Å². The lowest BCUT2D eigenvalue weighted by Crippen LogP contribution is -2.22. The molecule has 1 saturated carbocycles. The highest BCUT2D eigenvalue weighted by Gasteiger charge is 2.28. The van der Waals surface area contributed by atoms with Crippen LogP contribution in [0.4, 0.5) is 0 Å². The summed E-state index contributed by atoms with van der Waals surface area (Å²) in [6, 6.07) is 11.2. The quantitative estimate of drug-likeness (QED) is 0.393. The molecule has 5 rings (SSSR count). The fourth-order valence-corrected chi connectivity index (χ4v) is 3.72. The molecule has 0 aliphatic heterocycles. The van der Waals surface area contributed by atoms with Crippen LogP contribution in [0.5, 0.6) is 0 Å². The average Bonchev–Trinajstić information content (AvgIpc) is 3.15. The molecule has 130 valence electrons.